The van der Waals surface area contributed by atoms with Crippen LogP contribution in [0.1, 0.15) is 23.0 Å². The molecule has 0 bridgehead atoms. The third-order valence-electron chi connectivity index (χ3n) is 1.43. The van der Waals surface area contributed by atoms with Crippen molar-refractivity contribution in [3.63, 3.8) is 0 Å². The number of esters is 1. The average molecular weight is 190 g/mol. The Balaban J connectivity index is 0.00000121. The lowest BCUT2D eigenvalue weighted by Gasteiger charge is -1.98. The fourth-order valence-electron chi connectivity index (χ4n) is 0.870. The topological polar surface area (TPSA) is 42.1 Å². The number of halogens is 1. The van der Waals surface area contributed by atoms with E-state index in [1.165, 1.54) is 0 Å². The number of aromatic nitrogens is 1. The van der Waals surface area contributed by atoms with Gasteiger partial charge in [0.1, 0.15) is 5.69 Å². The van der Waals surface area contributed by atoms with E-state index in [4.69, 9.17) is 4.74 Å². The molecule has 1 heterocycles. The summed E-state index contributed by atoms with van der Waals surface area (Å²) in [7, 11) is 0. The fraction of sp³-hybridized carbons (Fsp3) is 0.375. The molecular weight excluding hydrogens is 178 g/mol. The smallest absolute Gasteiger partial charge is 0.354 e. The van der Waals surface area contributed by atoms with Gasteiger partial charge in [-0.3, -0.25) is 0 Å². The molecule has 0 aromatic carbocycles. The molecule has 0 fully saturated rings. The zero-order chi connectivity index (χ0) is 8.27. The zero-order valence-electron chi connectivity index (χ0n) is 7.09. The SMILES string of the molecule is CCOC(=O)c1[nH]ccc1C.Cl. The van der Waals surface area contributed by atoms with Crippen molar-refractivity contribution in [2.75, 3.05) is 6.61 Å². The van der Waals surface area contributed by atoms with Gasteiger partial charge in [0, 0.05) is 6.20 Å². The Bertz CT molecular complexity index is 257. The van der Waals surface area contributed by atoms with Crippen LogP contribution < -0.4 is 0 Å². The van der Waals surface area contributed by atoms with Gasteiger partial charge in [0.25, 0.3) is 0 Å². The molecule has 0 saturated heterocycles. The van der Waals surface area contributed by atoms with Crippen molar-refractivity contribution in [1.29, 1.82) is 0 Å². The second kappa shape index (κ2) is 4.83. The van der Waals surface area contributed by atoms with Gasteiger partial charge >= 0.3 is 5.97 Å². The second-order valence-electron chi connectivity index (χ2n) is 2.26. The number of nitrogens with one attached hydrogen (secondary N) is 1. The van der Waals surface area contributed by atoms with Crippen LogP contribution in [-0.2, 0) is 4.74 Å². The van der Waals surface area contributed by atoms with Crippen molar-refractivity contribution in [3.05, 3.63) is 23.5 Å². The molecule has 68 valence electrons. The van der Waals surface area contributed by atoms with Crippen LogP contribution in [0.3, 0.4) is 0 Å². The summed E-state index contributed by atoms with van der Waals surface area (Å²) in [6.07, 6.45) is 1.72. The molecule has 0 aliphatic rings. The van der Waals surface area contributed by atoms with Gasteiger partial charge in [0.05, 0.1) is 6.61 Å². The number of rotatable bonds is 2. The van der Waals surface area contributed by atoms with Crippen LogP contribution in [0.2, 0.25) is 0 Å². The number of carbonyl (C=O) groups excluding carboxylic acids is 1. The Hall–Kier alpha value is -0.960. The third kappa shape index (κ3) is 2.27. The molecule has 0 unspecified atom stereocenters. The molecule has 0 aliphatic carbocycles. The van der Waals surface area contributed by atoms with Gasteiger partial charge < -0.3 is 9.72 Å². The first-order valence-electron chi connectivity index (χ1n) is 3.56. The number of aromatic amines is 1. The molecule has 1 rings (SSSR count). The molecule has 1 N–H and O–H groups in total. The lowest BCUT2D eigenvalue weighted by atomic mass is 10.3. The number of hydrogen-bond donors (Lipinski definition) is 1. The third-order valence-corrected chi connectivity index (χ3v) is 1.43. The predicted molar refractivity (Wildman–Crippen MR) is 48.7 cm³/mol. The molecule has 1 aromatic rings. The zero-order valence-corrected chi connectivity index (χ0v) is 7.90. The summed E-state index contributed by atoms with van der Waals surface area (Å²) in [5.74, 6) is -0.282. The molecule has 0 atom stereocenters. The van der Waals surface area contributed by atoms with E-state index in [1.54, 1.807) is 13.1 Å². The van der Waals surface area contributed by atoms with E-state index in [9.17, 15) is 4.79 Å². The Morgan fingerprint density at radius 2 is 2.33 bits per heavy atom. The van der Waals surface area contributed by atoms with Gasteiger partial charge in [-0.2, -0.15) is 0 Å². The number of hydrogen-bond acceptors (Lipinski definition) is 2. The Morgan fingerprint density at radius 3 is 2.75 bits per heavy atom. The maximum Gasteiger partial charge on any atom is 0.354 e. The van der Waals surface area contributed by atoms with E-state index in [0.29, 0.717) is 12.3 Å². The highest BCUT2D eigenvalue weighted by Gasteiger charge is 2.09. The first-order valence-corrected chi connectivity index (χ1v) is 3.56. The minimum Gasteiger partial charge on any atom is -0.461 e. The van der Waals surface area contributed by atoms with Gasteiger partial charge in [-0.05, 0) is 25.5 Å². The summed E-state index contributed by atoms with van der Waals surface area (Å²) < 4.78 is 4.80. The molecule has 0 aliphatic heterocycles. The summed E-state index contributed by atoms with van der Waals surface area (Å²) >= 11 is 0. The van der Waals surface area contributed by atoms with E-state index in [2.05, 4.69) is 4.98 Å². The second-order valence-corrected chi connectivity index (χ2v) is 2.26. The van der Waals surface area contributed by atoms with Gasteiger partial charge in [-0.25, -0.2) is 4.79 Å². The number of H-pyrrole nitrogens is 1. The first kappa shape index (κ1) is 11.0. The maximum absolute atomic E-state index is 11.1. The maximum atomic E-state index is 11.1. The van der Waals surface area contributed by atoms with Crippen molar-refractivity contribution in [2.45, 2.75) is 13.8 Å². The van der Waals surface area contributed by atoms with Crippen LogP contribution >= 0.6 is 12.4 Å². The van der Waals surface area contributed by atoms with Gasteiger partial charge in [-0.15, -0.1) is 12.4 Å². The lowest BCUT2D eigenvalue weighted by Crippen LogP contribution is -2.06. The van der Waals surface area contributed by atoms with E-state index < -0.39 is 0 Å². The normalized spacial score (nSPS) is 8.83. The predicted octanol–water partition coefficient (Wildman–Crippen LogP) is 1.92. The van der Waals surface area contributed by atoms with Gasteiger partial charge in [0.15, 0.2) is 0 Å². The number of aryl methyl sites for hydroxylation is 1. The van der Waals surface area contributed by atoms with Crippen LogP contribution in [0.15, 0.2) is 12.3 Å². The van der Waals surface area contributed by atoms with Crippen LogP contribution in [0.25, 0.3) is 0 Å². The minimum absolute atomic E-state index is 0. The molecule has 3 nitrogen and oxygen atoms in total. The van der Waals surface area contributed by atoms with Crippen molar-refractivity contribution >= 4 is 18.4 Å². The summed E-state index contributed by atoms with van der Waals surface area (Å²) in [6, 6.07) is 1.84. The van der Waals surface area contributed by atoms with Crippen molar-refractivity contribution in [2.24, 2.45) is 0 Å². The van der Waals surface area contributed by atoms with E-state index in [1.807, 2.05) is 13.0 Å². The number of ether oxygens (including phenoxy) is 1. The highest BCUT2D eigenvalue weighted by molar-refractivity contribution is 5.88. The molecule has 0 radical (unpaired) electrons. The highest BCUT2D eigenvalue weighted by atomic mass is 35.5. The Morgan fingerprint density at radius 1 is 1.67 bits per heavy atom. The average Bonchev–Trinajstić information content (AvgIpc) is 2.36. The summed E-state index contributed by atoms with van der Waals surface area (Å²) in [4.78, 5) is 13.9. The monoisotopic (exact) mass is 189 g/mol. The highest BCUT2D eigenvalue weighted by Crippen LogP contribution is 2.05. The molecule has 4 heteroatoms. The van der Waals surface area contributed by atoms with Crippen molar-refractivity contribution < 1.29 is 9.53 Å². The molecule has 0 spiro atoms. The van der Waals surface area contributed by atoms with Gasteiger partial charge in [0.2, 0.25) is 0 Å². The van der Waals surface area contributed by atoms with Crippen LogP contribution in [0, 0.1) is 6.92 Å². The van der Waals surface area contributed by atoms with E-state index >= 15 is 0 Å². The van der Waals surface area contributed by atoms with Crippen LogP contribution in [0.4, 0.5) is 0 Å². The van der Waals surface area contributed by atoms with E-state index in [-0.39, 0.29) is 18.4 Å². The minimum atomic E-state index is -0.282. The standard InChI is InChI=1S/C8H11NO2.ClH/c1-3-11-8(10)7-6(2)4-5-9-7;/h4-5,9H,3H2,1-2H3;1H. The Kier molecular flexibility index (Phi) is 4.44. The summed E-state index contributed by atoms with van der Waals surface area (Å²) in [5, 5.41) is 0. The summed E-state index contributed by atoms with van der Waals surface area (Å²) in [5.41, 5.74) is 1.47. The van der Waals surface area contributed by atoms with Crippen LogP contribution in [0.5, 0.6) is 0 Å². The molecular formula is C8H12ClNO2. The largest absolute Gasteiger partial charge is 0.461 e. The van der Waals surface area contributed by atoms with Crippen molar-refractivity contribution in [1.82, 2.24) is 4.98 Å². The fourth-order valence-corrected chi connectivity index (χ4v) is 0.870. The summed E-state index contributed by atoms with van der Waals surface area (Å²) in [6.45, 7) is 4.07. The van der Waals surface area contributed by atoms with E-state index in [0.717, 1.165) is 5.56 Å². The van der Waals surface area contributed by atoms with Crippen LogP contribution in [-0.4, -0.2) is 17.6 Å². The Labute approximate surface area is 77.5 Å². The first-order chi connectivity index (χ1) is 5.25. The molecule has 0 amide bonds. The molecule has 1 aromatic heterocycles. The van der Waals surface area contributed by atoms with Crippen molar-refractivity contribution in [3.8, 4) is 0 Å². The van der Waals surface area contributed by atoms with Gasteiger partial charge in [-0.1, -0.05) is 0 Å². The lowest BCUT2D eigenvalue weighted by molar-refractivity contribution is 0.0519. The molecule has 12 heavy (non-hydrogen) atoms. The molecule has 0 saturated carbocycles. The quantitative estimate of drug-likeness (QED) is 0.723. The number of carbonyl (C=O) groups is 1.